The Kier molecular flexibility index (Phi) is 4.73. The summed E-state index contributed by atoms with van der Waals surface area (Å²) in [6, 6.07) is 13.7. The summed E-state index contributed by atoms with van der Waals surface area (Å²) in [5.74, 6) is 0.525. The molecule has 0 unspecified atom stereocenters. The lowest BCUT2D eigenvalue weighted by molar-refractivity contribution is -0.116. The Balaban J connectivity index is 1.58. The van der Waals surface area contributed by atoms with Crippen molar-refractivity contribution in [2.45, 2.75) is 19.3 Å². The molecule has 0 aliphatic rings. The Bertz CT molecular complexity index is 756. The van der Waals surface area contributed by atoms with Gasteiger partial charge in [-0.25, -0.2) is 14.6 Å². The van der Waals surface area contributed by atoms with E-state index in [4.69, 9.17) is 0 Å². The van der Waals surface area contributed by atoms with Gasteiger partial charge in [0.2, 0.25) is 5.91 Å². The smallest absolute Gasteiger partial charge is 0.224 e. The molecule has 0 saturated carbocycles. The standard InChI is InChI=1S/C17H17N5O/c23-16(10-4-8-14-6-2-1-3-7-14)21-15-9-5-11-19-17(15)22-13-18-12-20-22/h1-3,5-7,9,11-13H,4,8,10H2,(H,21,23). The Morgan fingerprint density at radius 1 is 1.13 bits per heavy atom. The van der Waals surface area contributed by atoms with E-state index in [0.29, 0.717) is 17.9 Å². The van der Waals surface area contributed by atoms with Gasteiger partial charge in [-0.2, -0.15) is 5.10 Å². The Hall–Kier alpha value is -3.02. The molecule has 23 heavy (non-hydrogen) atoms. The summed E-state index contributed by atoms with van der Waals surface area (Å²) in [5.41, 5.74) is 1.87. The molecule has 2 aromatic heterocycles. The second kappa shape index (κ2) is 7.31. The van der Waals surface area contributed by atoms with E-state index in [9.17, 15) is 4.79 Å². The van der Waals surface area contributed by atoms with Crippen molar-refractivity contribution in [3.8, 4) is 5.82 Å². The van der Waals surface area contributed by atoms with Gasteiger partial charge in [-0.3, -0.25) is 4.79 Å². The SMILES string of the molecule is O=C(CCCc1ccccc1)Nc1cccnc1-n1cncn1. The third-order valence-corrected chi connectivity index (χ3v) is 3.41. The van der Waals surface area contributed by atoms with E-state index in [-0.39, 0.29) is 5.91 Å². The van der Waals surface area contributed by atoms with Crippen LogP contribution >= 0.6 is 0 Å². The number of carbonyl (C=O) groups is 1. The predicted octanol–water partition coefficient (Wildman–Crippen LogP) is 2.62. The molecule has 6 heteroatoms. The summed E-state index contributed by atoms with van der Waals surface area (Å²) >= 11 is 0. The molecule has 116 valence electrons. The largest absolute Gasteiger partial charge is 0.323 e. The number of hydrogen-bond acceptors (Lipinski definition) is 4. The number of rotatable bonds is 6. The Morgan fingerprint density at radius 2 is 2.00 bits per heavy atom. The topological polar surface area (TPSA) is 72.7 Å². The minimum absolute atomic E-state index is 0.0321. The van der Waals surface area contributed by atoms with E-state index in [1.54, 1.807) is 24.7 Å². The van der Waals surface area contributed by atoms with Crippen LogP contribution in [0.4, 0.5) is 5.69 Å². The van der Waals surface area contributed by atoms with Crippen molar-refractivity contribution >= 4 is 11.6 Å². The zero-order valence-corrected chi connectivity index (χ0v) is 12.6. The lowest BCUT2D eigenvalue weighted by atomic mass is 10.1. The number of carbonyl (C=O) groups excluding carboxylic acids is 1. The van der Waals surface area contributed by atoms with Gasteiger partial charge >= 0.3 is 0 Å². The van der Waals surface area contributed by atoms with Crippen LogP contribution in [0, 0.1) is 0 Å². The number of aryl methyl sites for hydroxylation is 1. The average molecular weight is 307 g/mol. The lowest BCUT2D eigenvalue weighted by Gasteiger charge is -2.09. The van der Waals surface area contributed by atoms with E-state index in [2.05, 4.69) is 32.5 Å². The molecule has 0 bridgehead atoms. The molecule has 1 amide bonds. The fourth-order valence-corrected chi connectivity index (χ4v) is 2.31. The van der Waals surface area contributed by atoms with Gasteiger partial charge in [0.15, 0.2) is 5.82 Å². The maximum absolute atomic E-state index is 12.1. The van der Waals surface area contributed by atoms with Gasteiger partial charge in [-0.05, 0) is 30.5 Å². The third-order valence-electron chi connectivity index (χ3n) is 3.41. The van der Waals surface area contributed by atoms with E-state index in [0.717, 1.165) is 12.8 Å². The van der Waals surface area contributed by atoms with Crippen LogP contribution in [0.15, 0.2) is 61.3 Å². The molecule has 3 aromatic rings. The van der Waals surface area contributed by atoms with Crippen LogP contribution in [0.3, 0.4) is 0 Å². The fraction of sp³-hybridized carbons (Fsp3) is 0.176. The minimum Gasteiger partial charge on any atom is -0.323 e. The third kappa shape index (κ3) is 4.00. The Labute approximate surface area is 134 Å². The van der Waals surface area contributed by atoms with Gasteiger partial charge in [0.05, 0.1) is 5.69 Å². The molecule has 0 fully saturated rings. The predicted molar refractivity (Wildman–Crippen MR) is 87.2 cm³/mol. The molecule has 2 heterocycles. The summed E-state index contributed by atoms with van der Waals surface area (Å²) in [6.07, 6.45) is 6.78. The highest BCUT2D eigenvalue weighted by Crippen LogP contribution is 2.16. The average Bonchev–Trinajstić information content (AvgIpc) is 3.11. The highest BCUT2D eigenvalue weighted by Gasteiger charge is 2.09. The number of benzene rings is 1. The number of nitrogens with zero attached hydrogens (tertiary/aromatic N) is 4. The summed E-state index contributed by atoms with van der Waals surface area (Å²) in [6.45, 7) is 0. The summed E-state index contributed by atoms with van der Waals surface area (Å²) in [7, 11) is 0. The second-order valence-electron chi connectivity index (χ2n) is 5.10. The monoisotopic (exact) mass is 307 g/mol. The summed E-state index contributed by atoms with van der Waals surface area (Å²) in [5, 5.41) is 6.94. The van der Waals surface area contributed by atoms with Crippen molar-refractivity contribution in [2.75, 3.05) is 5.32 Å². The minimum atomic E-state index is -0.0321. The molecule has 0 spiro atoms. The van der Waals surface area contributed by atoms with Crippen molar-refractivity contribution < 1.29 is 4.79 Å². The van der Waals surface area contributed by atoms with Gasteiger partial charge < -0.3 is 5.32 Å². The molecule has 6 nitrogen and oxygen atoms in total. The zero-order chi connectivity index (χ0) is 15.9. The molecule has 3 rings (SSSR count). The Morgan fingerprint density at radius 3 is 2.78 bits per heavy atom. The van der Waals surface area contributed by atoms with Gasteiger partial charge in [0, 0.05) is 12.6 Å². The molecule has 0 saturated heterocycles. The van der Waals surface area contributed by atoms with Crippen LogP contribution in [0.5, 0.6) is 0 Å². The highest BCUT2D eigenvalue weighted by atomic mass is 16.1. The molecule has 1 aromatic carbocycles. The molecule has 0 aliphatic carbocycles. The molecule has 0 aliphatic heterocycles. The van der Waals surface area contributed by atoms with Crippen molar-refractivity contribution in [2.24, 2.45) is 0 Å². The zero-order valence-electron chi connectivity index (χ0n) is 12.6. The fourth-order valence-electron chi connectivity index (χ4n) is 2.31. The van der Waals surface area contributed by atoms with Crippen LogP contribution in [-0.2, 0) is 11.2 Å². The lowest BCUT2D eigenvalue weighted by Crippen LogP contribution is -2.14. The van der Waals surface area contributed by atoms with Crippen LogP contribution in [0.2, 0.25) is 0 Å². The number of pyridine rings is 1. The van der Waals surface area contributed by atoms with Crippen molar-refractivity contribution in [3.05, 3.63) is 66.9 Å². The number of hydrogen-bond donors (Lipinski definition) is 1. The maximum atomic E-state index is 12.1. The summed E-state index contributed by atoms with van der Waals surface area (Å²) < 4.78 is 1.53. The van der Waals surface area contributed by atoms with Gasteiger partial charge in [0.25, 0.3) is 0 Å². The number of anilines is 1. The number of nitrogens with one attached hydrogen (secondary N) is 1. The highest BCUT2D eigenvalue weighted by molar-refractivity contribution is 5.92. The molecular weight excluding hydrogens is 290 g/mol. The first-order chi connectivity index (χ1) is 11.3. The van der Waals surface area contributed by atoms with Crippen LogP contribution in [-0.4, -0.2) is 25.7 Å². The van der Waals surface area contributed by atoms with Crippen molar-refractivity contribution in [1.82, 2.24) is 19.7 Å². The molecule has 0 radical (unpaired) electrons. The van der Waals surface area contributed by atoms with Gasteiger partial charge in [0.1, 0.15) is 12.7 Å². The maximum Gasteiger partial charge on any atom is 0.224 e. The van der Waals surface area contributed by atoms with E-state index < -0.39 is 0 Å². The van der Waals surface area contributed by atoms with Crippen LogP contribution < -0.4 is 5.32 Å². The normalized spacial score (nSPS) is 10.4. The molecular formula is C17H17N5O. The van der Waals surface area contributed by atoms with Crippen molar-refractivity contribution in [3.63, 3.8) is 0 Å². The molecule has 0 atom stereocenters. The van der Waals surface area contributed by atoms with E-state index in [1.807, 2.05) is 18.2 Å². The van der Waals surface area contributed by atoms with E-state index in [1.165, 1.54) is 16.6 Å². The van der Waals surface area contributed by atoms with Crippen LogP contribution in [0.1, 0.15) is 18.4 Å². The van der Waals surface area contributed by atoms with Crippen LogP contribution in [0.25, 0.3) is 5.82 Å². The first-order valence-corrected chi connectivity index (χ1v) is 7.47. The summed E-state index contributed by atoms with van der Waals surface area (Å²) in [4.78, 5) is 20.3. The molecule has 1 N–H and O–H groups in total. The quantitative estimate of drug-likeness (QED) is 0.760. The van der Waals surface area contributed by atoms with Crippen molar-refractivity contribution in [1.29, 1.82) is 0 Å². The van der Waals surface area contributed by atoms with Gasteiger partial charge in [-0.1, -0.05) is 30.3 Å². The second-order valence-corrected chi connectivity index (χ2v) is 5.10. The first-order valence-electron chi connectivity index (χ1n) is 7.47. The first kappa shape index (κ1) is 14.9. The number of aromatic nitrogens is 4. The van der Waals surface area contributed by atoms with E-state index >= 15 is 0 Å². The van der Waals surface area contributed by atoms with Gasteiger partial charge in [-0.15, -0.1) is 0 Å². The number of amides is 1.